The van der Waals surface area contributed by atoms with E-state index in [1.807, 2.05) is 4.90 Å². The van der Waals surface area contributed by atoms with Crippen LogP contribution in [0.4, 0.5) is 18.9 Å². The first-order chi connectivity index (χ1) is 16.5. The van der Waals surface area contributed by atoms with E-state index in [1.54, 1.807) is 61.1 Å². The van der Waals surface area contributed by atoms with E-state index in [2.05, 4.69) is 0 Å². The van der Waals surface area contributed by atoms with Crippen molar-refractivity contribution in [2.45, 2.75) is 31.5 Å². The van der Waals surface area contributed by atoms with Crippen molar-refractivity contribution >= 4 is 17.5 Å². The SMILES string of the molecule is CN(C)C(=O)C1CC2(CCN(c3ccc(C#N)c(C(F)(F)F)c3)CC2)CN1C(=O)c1cccn1C. The van der Waals surface area contributed by atoms with Gasteiger partial charge >= 0.3 is 6.18 Å². The number of rotatable bonds is 3. The van der Waals surface area contributed by atoms with Gasteiger partial charge in [0, 0.05) is 52.7 Å². The Morgan fingerprint density at radius 2 is 1.86 bits per heavy atom. The van der Waals surface area contributed by atoms with Crippen molar-refractivity contribution in [3.8, 4) is 6.07 Å². The number of hydrogen-bond donors (Lipinski definition) is 0. The molecule has 2 amide bonds. The number of anilines is 1. The van der Waals surface area contributed by atoms with Crippen LogP contribution in [0.3, 0.4) is 0 Å². The Bertz CT molecular complexity index is 1170. The number of piperidine rings is 1. The Hall–Kier alpha value is -3.48. The number of hydrogen-bond acceptors (Lipinski definition) is 4. The molecule has 0 radical (unpaired) electrons. The fourth-order valence-corrected chi connectivity index (χ4v) is 5.28. The molecule has 1 aromatic carbocycles. The van der Waals surface area contributed by atoms with Crippen molar-refractivity contribution in [2.24, 2.45) is 12.5 Å². The number of aryl methyl sites for hydroxylation is 1. The zero-order valence-corrected chi connectivity index (χ0v) is 20.0. The molecular formula is C25H28F3N5O2. The highest BCUT2D eigenvalue weighted by Gasteiger charge is 2.50. The van der Waals surface area contributed by atoms with Crippen molar-refractivity contribution in [3.05, 3.63) is 53.3 Å². The maximum Gasteiger partial charge on any atom is 0.417 e. The van der Waals surface area contributed by atoms with Crippen LogP contribution < -0.4 is 4.90 Å². The van der Waals surface area contributed by atoms with E-state index in [0.717, 1.165) is 6.07 Å². The number of carbonyl (C=O) groups excluding carboxylic acids is 2. The Morgan fingerprint density at radius 1 is 1.17 bits per heavy atom. The summed E-state index contributed by atoms with van der Waals surface area (Å²) in [5, 5.41) is 9.06. The van der Waals surface area contributed by atoms with Crippen LogP contribution in [0.15, 0.2) is 36.5 Å². The van der Waals surface area contributed by atoms with Crippen molar-refractivity contribution in [1.29, 1.82) is 5.26 Å². The van der Waals surface area contributed by atoms with Gasteiger partial charge in [-0.05, 0) is 55.0 Å². The third-order valence-electron chi connectivity index (χ3n) is 7.28. The lowest BCUT2D eigenvalue weighted by Crippen LogP contribution is -2.46. The number of amides is 2. The average Bonchev–Trinajstić information content (AvgIpc) is 3.41. The van der Waals surface area contributed by atoms with Crippen LogP contribution in [-0.2, 0) is 18.0 Å². The van der Waals surface area contributed by atoms with Crippen LogP contribution in [0.1, 0.15) is 40.9 Å². The quantitative estimate of drug-likeness (QED) is 0.665. The molecule has 2 saturated heterocycles. The zero-order chi connectivity index (χ0) is 25.5. The third kappa shape index (κ3) is 4.59. The molecule has 0 aliphatic carbocycles. The Kier molecular flexibility index (Phi) is 6.30. The van der Waals surface area contributed by atoms with E-state index in [1.165, 1.54) is 11.0 Å². The summed E-state index contributed by atoms with van der Waals surface area (Å²) < 4.78 is 42.0. The fraction of sp³-hybridized carbons (Fsp3) is 0.480. The van der Waals surface area contributed by atoms with E-state index in [-0.39, 0.29) is 17.2 Å². The van der Waals surface area contributed by atoms with Gasteiger partial charge in [-0.3, -0.25) is 9.59 Å². The molecule has 1 spiro atoms. The molecule has 1 aromatic heterocycles. The van der Waals surface area contributed by atoms with Crippen LogP contribution in [0.5, 0.6) is 0 Å². The normalized spacial score (nSPS) is 19.6. The molecule has 2 aromatic rings. The Balaban J connectivity index is 1.55. The minimum atomic E-state index is -4.61. The number of likely N-dealkylation sites (tertiary alicyclic amines) is 1. The first-order valence-corrected chi connectivity index (χ1v) is 11.5. The molecule has 1 atom stereocenters. The number of carbonyl (C=O) groups is 2. The summed E-state index contributed by atoms with van der Waals surface area (Å²) >= 11 is 0. The van der Waals surface area contributed by atoms with Crippen molar-refractivity contribution < 1.29 is 22.8 Å². The van der Waals surface area contributed by atoms with Crippen LogP contribution >= 0.6 is 0 Å². The maximum absolute atomic E-state index is 13.4. The van der Waals surface area contributed by atoms with Crippen LogP contribution in [0.2, 0.25) is 0 Å². The lowest BCUT2D eigenvalue weighted by molar-refractivity contribution is -0.137. The summed E-state index contributed by atoms with van der Waals surface area (Å²) in [6, 6.07) is 8.35. The predicted molar refractivity (Wildman–Crippen MR) is 124 cm³/mol. The van der Waals surface area contributed by atoms with Gasteiger partial charge in [-0.2, -0.15) is 18.4 Å². The number of nitriles is 1. The summed E-state index contributed by atoms with van der Waals surface area (Å²) in [6.45, 7) is 1.42. The number of benzene rings is 1. The van der Waals surface area contributed by atoms with Gasteiger partial charge in [0.25, 0.3) is 5.91 Å². The molecule has 3 heterocycles. The molecule has 2 fully saturated rings. The second-order valence-corrected chi connectivity index (χ2v) is 9.72. The number of alkyl halides is 3. The molecular weight excluding hydrogens is 459 g/mol. The molecule has 0 saturated carbocycles. The van der Waals surface area contributed by atoms with Crippen LogP contribution in [-0.4, -0.2) is 66.0 Å². The molecule has 4 rings (SSSR count). The highest BCUT2D eigenvalue weighted by Crippen LogP contribution is 2.45. The minimum Gasteiger partial charge on any atom is -0.371 e. The molecule has 186 valence electrons. The molecule has 10 heteroatoms. The second kappa shape index (κ2) is 8.95. The second-order valence-electron chi connectivity index (χ2n) is 9.72. The van der Waals surface area contributed by atoms with Crippen molar-refractivity contribution in [1.82, 2.24) is 14.4 Å². The van der Waals surface area contributed by atoms with Gasteiger partial charge < -0.3 is 19.3 Å². The monoisotopic (exact) mass is 487 g/mol. The molecule has 2 aliphatic rings. The highest BCUT2D eigenvalue weighted by atomic mass is 19.4. The number of nitrogens with zero attached hydrogens (tertiary/aromatic N) is 5. The van der Waals surface area contributed by atoms with Crippen LogP contribution in [0.25, 0.3) is 0 Å². The molecule has 0 N–H and O–H groups in total. The molecule has 35 heavy (non-hydrogen) atoms. The summed E-state index contributed by atoms with van der Waals surface area (Å²) in [6.07, 6.45) is -1.02. The number of halogens is 3. The van der Waals surface area contributed by atoms with Gasteiger partial charge in [0.05, 0.1) is 17.2 Å². The average molecular weight is 488 g/mol. The smallest absolute Gasteiger partial charge is 0.371 e. The van der Waals surface area contributed by atoms with Crippen molar-refractivity contribution in [3.63, 3.8) is 0 Å². The van der Waals surface area contributed by atoms with E-state index >= 15 is 0 Å². The number of likely N-dealkylation sites (N-methyl/N-ethyl adjacent to an activating group) is 1. The van der Waals surface area contributed by atoms with Gasteiger partial charge in [0.15, 0.2) is 0 Å². The molecule has 7 nitrogen and oxygen atoms in total. The molecule has 1 unspecified atom stereocenters. The van der Waals surface area contributed by atoms with Gasteiger partial charge in [-0.1, -0.05) is 0 Å². The van der Waals surface area contributed by atoms with Gasteiger partial charge in [0.2, 0.25) is 5.91 Å². The maximum atomic E-state index is 13.4. The largest absolute Gasteiger partial charge is 0.417 e. The van der Waals surface area contributed by atoms with Gasteiger partial charge in [-0.15, -0.1) is 0 Å². The molecule has 2 aliphatic heterocycles. The van der Waals surface area contributed by atoms with Crippen molar-refractivity contribution in [2.75, 3.05) is 38.6 Å². The Labute approximate surface area is 202 Å². The number of aromatic nitrogens is 1. The zero-order valence-electron chi connectivity index (χ0n) is 20.0. The lowest BCUT2D eigenvalue weighted by Gasteiger charge is -2.40. The van der Waals surface area contributed by atoms with E-state index in [9.17, 15) is 22.8 Å². The van der Waals surface area contributed by atoms with E-state index in [4.69, 9.17) is 5.26 Å². The van der Waals surface area contributed by atoms with Gasteiger partial charge in [-0.25, -0.2) is 0 Å². The van der Waals surface area contributed by atoms with Gasteiger partial charge in [0.1, 0.15) is 11.7 Å². The summed E-state index contributed by atoms with van der Waals surface area (Å²) in [7, 11) is 5.13. The predicted octanol–water partition coefficient (Wildman–Crippen LogP) is 3.51. The van der Waals surface area contributed by atoms with Crippen LogP contribution in [0, 0.1) is 16.7 Å². The lowest BCUT2D eigenvalue weighted by atomic mass is 9.76. The first-order valence-electron chi connectivity index (χ1n) is 11.5. The third-order valence-corrected chi connectivity index (χ3v) is 7.28. The van der Waals surface area contributed by atoms with E-state index in [0.29, 0.717) is 50.3 Å². The minimum absolute atomic E-state index is 0.131. The molecule has 0 bridgehead atoms. The fourth-order valence-electron chi connectivity index (χ4n) is 5.28. The summed E-state index contributed by atoms with van der Waals surface area (Å²) in [5.41, 5.74) is -0.692. The first kappa shape index (κ1) is 24.6. The Morgan fingerprint density at radius 3 is 2.40 bits per heavy atom. The summed E-state index contributed by atoms with van der Waals surface area (Å²) in [4.78, 5) is 31.4. The standard InChI is InChI=1S/C25H28F3N5O2/c1-30(2)22(34)21-14-24(16-33(21)23(35)20-5-4-10-31(20)3)8-11-32(12-9-24)18-7-6-17(15-29)19(13-18)25(26,27)28/h4-7,10,13,21H,8-9,11-12,14,16H2,1-3H3. The highest BCUT2D eigenvalue weighted by molar-refractivity contribution is 5.97. The van der Waals surface area contributed by atoms with E-state index < -0.39 is 23.3 Å². The summed E-state index contributed by atoms with van der Waals surface area (Å²) in [5.74, 6) is -0.326. The topological polar surface area (TPSA) is 72.6 Å².